The van der Waals surface area contributed by atoms with Crippen LogP contribution in [0.25, 0.3) is 10.9 Å². The van der Waals surface area contributed by atoms with E-state index in [4.69, 9.17) is 9.47 Å². The summed E-state index contributed by atoms with van der Waals surface area (Å²) in [5, 5.41) is 4.27. The van der Waals surface area contributed by atoms with Gasteiger partial charge in [0, 0.05) is 30.2 Å². The second-order valence-corrected chi connectivity index (χ2v) is 7.85. The molecule has 6 nitrogen and oxygen atoms in total. The van der Waals surface area contributed by atoms with Gasteiger partial charge in [0.05, 0.1) is 12.6 Å². The Morgan fingerprint density at radius 2 is 1.80 bits per heavy atom. The summed E-state index contributed by atoms with van der Waals surface area (Å²) < 4.78 is 11.7. The number of benzene rings is 2. The molecule has 0 unspecified atom stereocenters. The molecular formula is C24H30N4O2. The standard InChI is InChI=1S/C22H24N4O2.C2H6/c1-27-19-11-18-17(21(24-14-23-18)25-16-6-3-2-4-7-16)10-20(19)28-15-26-12-22(13-26)8-5-9-22;1-2/h2-4,6-7,10-11,14H,5,8-9,12-13,15H2,1H3,(H,23,24,25);1-2H3. The summed E-state index contributed by atoms with van der Waals surface area (Å²) in [6.07, 6.45) is 5.68. The first kappa shape index (κ1) is 20.4. The van der Waals surface area contributed by atoms with E-state index in [0.29, 0.717) is 17.9 Å². The maximum Gasteiger partial charge on any atom is 0.164 e. The SMILES string of the molecule is CC.COc1cc2ncnc(Nc3ccccc3)c2cc1OCN1CC2(CCC2)C1. The first-order valence-electron chi connectivity index (χ1n) is 10.7. The van der Waals surface area contributed by atoms with E-state index < -0.39 is 0 Å². The Kier molecular flexibility index (Phi) is 6.04. The van der Waals surface area contributed by atoms with Crippen molar-refractivity contribution >= 4 is 22.4 Å². The fourth-order valence-electron chi connectivity index (χ4n) is 4.24. The van der Waals surface area contributed by atoms with Crippen LogP contribution in [0.3, 0.4) is 0 Å². The predicted octanol–water partition coefficient (Wildman–Crippen LogP) is 5.23. The predicted molar refractivity (Wildman–Crippen MR) is 121 cm³/mol. The molecule has 2 aliphatic rings. The number of rotatable bonds is 6. The summed E-state index contributed by atoms with van der Waals surface area (Å²) in [6.45, 7) is 6.87. The molecular weight excluding hydrogens is 376 g/mol. The van der Waals surface area contributed by atoms with Gasteiger partial charge in [-0.05, 0) is 36.5 Å². The van der Waals surface area contributed by atoms with Crippen molar-refractivity contribution in [2.24, 2.45) is 5.41 Å². The molecule has 1 saturated carbocycles. The molecule has 2 fully saturated rings. The van der Waals surface area contributed by atoms with Crippen LogP contribution >= 0.6 is 0 Å². The van der Waals surface area contributed by atoms with Crippen LogP contribution in [0.15, 0.2) is 48.8 Å². The highest BCUT2D eigenvalue weighted by molar-refractivity contribution is 5.93. The quantitative estimate of drug-likeness (QED) is 0.605. The van der Waals surface area contributed by atoms with Crippen LogP contribution in [0.5, 0.6) is 11.5 Å². The average molecular weight is 407 g/mol. The molecule has 0 bridgehead atoms. The van der Waals surface area contributed by atoms with E-state index in [-0.39, 0.29) is 0 Å². The van der Waals surface area contributed by atoms with Crippen molar-refractivity contribution in [3.63, 3.8) is 0 Å². The third kappa shape index (κ3) is 4.05. The van der Waals surface area contributed by atoms with Crippen molar-refractivity contribution in [3.05, 3.63) is 48.8 Å². The van der Waals surface area contributed by atoms with Gasteiger partial charge in [-0.1, -0.05) is 38.5 Å². The molecule has 1 aliphatic carbocycles. The highest BCUT2D eigenvalue weighted by atomic mass is 16.5. The lowest BCUT2D eigenvalue weighted by atomic mass is 9.64. The van der Waals surface area contributed by atoms with Gasteiger partial charge in [-0.25, -0.2) is 9.97 Å². The molecule has 6 heteroatoms. The topological polar surface area (TPSA) is 59.5 Å². The van der Waals surface area contributed by atoms with E-state index in [1.165, 1.54) is 19.3 Å². The van der Waals surface area contributed by atoms with Crippen LogP contribution in [-0.2, 0) is 0 Å². The van der Waals surface area contributed by atoms with Crippen molar-refractivity contribution in [2.75, 3.05) is 32.2 Å². The molecule has 30 heavy (non-hydrogen) atoms. The summed E-state index contributed by atoms with van der Waals surface area (Å²) >= 11 is 0. The lowest BCUT2D eigenvalue weighted by Crippen LogP contribution is -2.60. The molecule has 2 aromatic carbocycles. The van der Waals surface area contributed by atoms with Crippen LogP contribution in [0.1, 0.15) is 33.1 Å². The zero-order valence-corrected chi connectivity index (χ0v) is 18.0. The Morgan fingerprint density at radius 1 is 1.03 bits per heavy atom. The molecule has 5 rings (SSSR count). The number of ether oxygens (including phenoxy) is 2. The molecule has 1 N–H and O–H groups in total. The van der Waals surface area contributed by atoms with Crippen molar-refractivity contribution in [2.45, 2.75) is 33.1 Å². The number of methoxy groups -OCH3 is 1. The van der Waals surface area contributed by atoms with Gasteiger partial charge in [0.2, 0.25) is 0 Å². The van der Waals surface area contributed by atoms with Crippen molar-refractivity contribution < 1.29 is 9.47 Å². The van der Waals surface area contributed by atoms with Crippen molar-refractivity contribution in [1.82, 2.24) is 14.9 Å². The third-order valence-corrected chi connectivity index (χ3v) is 5.89. The number of anilines is 2. The Hall–Kier alpha value is -2.86. The van der Waals surface area contributed by atoms with Gasteiger partial charge in [0.15, 0.2) is 11.5 Å². The minimum Gasteiger partial charge on any atom is -0.493 e. The summed E-state index contributed by atoms with van der Waals surface area (Å²) in [6, 6.07) is 13.9. The van der Waals surface area contributed by atoms with E-state index in [1.807, 2.05) is 56.3 Å². The number of nitrogens with one attached hydrogen (secondary N) is 1. The van der Waals surface area contributed by atoms with Crippen LogP contribution in [-0.4, -0.2) is 41.8 Å². The number of hydrogen-bond donors (Lipinski definition) is 1. The van der Waals surface area contributed by atoms with Crippen molar-refractivity contribution in [1.29, 1.82) is 0 Å². The summed E-state index contributed by atoms with van der Waals surface area (Å²) in [5.74, 6) is 2.16. The van der Waals surface area contributed by atoms with Gasteiger partial charge >= 0.3 is 0 Å². The number of hydrogen-bond acceptors (Lipinski definition) is 6. The van der Waals surface area contributed by atoms with Gasteiger partial charge < -0.3 is 14.8 Å². The normalized spacial score (nSPS) is 16.8. The fraction of sp³-hybridized carbons (Fsp3) is 0.417. The molecule has 158 valence electrons. The molecule has 1 saturated heterocycles. The fourth-order valence-corrected chi connectivity index (χ4v) is 4.24. The zero-order chi connectivity index (χ0) is 21.0. The van der Waals surface area contributed by atoms with Gasteiger partial charge in [0.1, 0.15) is 18.9 Å². The lowest BCUT2D eigenvalue weighted by Gasteiger charge is -2.55. The number of para-hydroxylation sites is 1. The smallest absolute Gasteiger partial charge is 0.164 e. The van der Waals surface area contributed by atoms with E-state index >= 15 is 0 Å². The van der Waals surface area contributed by atoms with Gasteiger partial charge in [0.25, 0.3) is 0 Å². The molecule has 3 aromatic rings. The van der Waals surface area contributed by atoms with Gasteiger partial charge in [-0.2, -0.15) is 0 Å². The Balaban J connectivity index is 0.00000106. The molecule has 0 amide bonds. The molecule has 0 atom stereocenters. The largest absolute Gasteiger partial charge is 0.493 e. The summed E-state index contributed by atoms with van der Waals surface area (Å²) in [4.78, 5) is 11.2. The first-order valence-corrected chi connectivity index (χ1v) is 10.7. The minimum atomic E-state index is 0.582. The first-order chi connectivity index (χ1) is 14.7. The third-order valence-electron chi connectivity index (χ3n) is 5.89. The van der Waals surface area contributed by atoms with E-state index in [9.17, 15) is 0 Å². The van der Waals surface area contributed by atoms with Crippen LogP contribution in [0, 0.1) is 5.41 Å². The number of fused-ring (bicyclic) bond motifs is 1. The van der Waals surface area contributed by atoms with E-state index in [1.54, 1.807) is 13.4 Å². The zero-order valence-electron chi connectivity index (χ0n) is 18.0. The monoisotopic (exact) mass is 406 g/mol. The number of likely N-dealkylation sites (tertiary alicyclic amines) is 1. The maximum absolute atomic E-state index is 6.12. The van der Waals surface area contributed by atoms with E-state index in [0.717, 1.165) is 41.2 Å². The Labute approximate surface area is 178 Å². The summed E-state index contributed by atoms with van der Waals surface area (Å²) in [5.41, 5.74) is 2.39. The molecule has 2 heterocycles. The minimum absolute atomic E-state index is 0.582. The molecule has 0 radical (unpaired) electrons. The van der Waals surface area contributed by atoms with Gasteiger partial charge in [-0.3, -0.25) is 4.90 Å². The number of nitrogens with zero attached hydrogens (tertiary/aromatic N) is 3. The highest BCUT2D eigenvalue weighted by Crippen LogP contribution is 2.48. The maximum atomic E-state index is 6.12. The lowest BCUT2D eigenvalue weighted by molar-refractivity contribution is -0.0903. The average Bonchev–Trinajstić information content (AvgIpc) is 2.73. The number of aromatic nitrogens is 2. The Bertz CT molecular complexity index is 981. The van der Waals surface area contributed by atoms with E-state index in [2.05, 4.69) is 20.2 Å². The molecule has 1 aromatic heterocycles. The summed E-state index contributed by atoms with van der Waals surface area (Å²) in [7, 11) is 1.66. The highest BCUT2D eigenvalue weighted by Gasteiger charge is 2.47. The Morgan fingerprint density at radius 3 is 2.47 bits per heavy atom. The van der Waals surface area contributed by atoms with Crippen LogP contribution < -0.4 is 14.8 Å². The van der Waals surface area contributed by atoms with Crippen molar-refractivity contribution in [3.8, 4) is 11.5 Å². The second-order valence-electron chi connectivity index (χ2n) is 7.85. The second kappa shape index (κ2) is 8.88. The molecule has 1 aliphatic heterocycles. The van der Waals surface area contributed by atoms with Gasteiger partial charge in [-0.15, -0.1) is 0 Å². The molecule has 1 spiro atoms. The van der Waals surface area contributed by atoms with Crippen LogP contribution in [0.2, 0.25) is 0 Å². The van der Waals surface area contributed by atoms with Crippen LogP contribution in [0.4, 0.5) is 11.5 Å².